The lowest BCUT2D eigenvalue weighted by molar-refractivity contribution is -0.137. The van der Waals surface area contributed by atoms with Crippen LogP contribution in [-0.4, -0.2) is 22.7 Å². The third-order valence-electron chi connectivity index (χ3n) is 5.50. The van der Waals surface area contributed by atoms with E-state index in [-0.39, 0.29) is 50.0 Å². The summed E-state index contributed by atoms with van der Waals surface area (Å²) in [6.07, 6.45) is -4.16. The second-order valence-corrected chi connectivity index (χ2v) is 10.1. The van der Waals surface area contributed by atoms with E-state index in [0.717, 1.165) is 35.6 Å². The first-order valence-corrected chi connectivity index (χ1v) is 12.1. The zero-order chi connectivity index (χ0) is 27.1. The first-order chi connectivity index (χ1) is 17.3. The van der Waals surface area contributed by atoms with Crippen LogP contribution >= 0.6 is 34.5 Å². The molecule has 1 aromatic heterocycles. The summed E-state index contributed by atoms with van der Waals surface area (Å²) in [5.41, 5.74) is -2.36. The summed E-state index contributed by atoms with van der Waals surface area (Å²) < 4.78 is 52.6. The zero-order valence-electron chi connectivity index (χ0n) is 18.7. The number of carbonyl (C=O) groups is 3. The van der Waals surface area contributed by atoms with Gasteiger partial charge in [0.05, 0.1) is 22.0 Å². The number of nitrogens with one attached hydrogen (secondary N) is 3. The van der Waals surface area contributed by atoms with Gasteiger partial charge in [-0.15, -0.1) is 0 Å². The highest BCUT2D eigenvalue weighted by atomic mass is 35.5. The molecule has 4 rings (SSSR count). The maximum atomic E-state index is 13.6. The third kappa shape index (κ3) is 5.86. The van der Waals surface area contributed by atoms with E-state index in [1.54, 1.807) is 0 Å². The molecule has 0 atom stereocenters. The Kier molecular flexibility index (Phi) is 7.19. The second kappa shape index (κ2) is 9.92. The van der Waals surface area contributed by atoms with E-state index in [1.807, 2.05) is 0 Å². The van der Waals surface area contributed by atoms with E-state index in [2.05, 4.69) is 20.9 Å². The summed E-state index contributed by atoms with van der Waals surface area (Å²) in [6.45, 7) is 1.47. The standard InChI is InChI=1S/C23H16Cl2F4N4O3S/c1-10-17(18(34)32-16-6-11(23(27,28)29)2-3-15(16)25)37-21(30-10)33-20(36)22(4-5-22)19(35)31-14-8-12(24)7-13(26)9-14/h2-3,6-9H,4-5H2,1H3,(H,31,35)(H,32,34)(H,30,33,36). The molecule has 3 N–H and O–H groups in total. The lowest BCUT2D eigenvalue weighted by Gasteiger charge is -2.14. The highest BCUT2D eigenvalue weighted by Crippen LogP contribution is 2.48. The molecule has 0 radical (unpaired) electrons. The van der Waals surface area contributed by atoms with Gasteiger partial charge >= 0.3 is 6.18 Å². The number of amides is 3. The monoisotopic (exact) mass is 574 g/mol. The first-order valence-electron chi connectivity index (χ1n) is 10.5. The van der Waals surface area contributed by atoms with Gasteiger partial charge in [0, 0.05) is 10.7 Å². The number of carbonyl (C=O) groups excluding carboxylic acids is 3. The molecule has 2 aromatic carbocycles. The maximum absolute atomic E-state index is 13.6. The number of thiazole rings is 1. The number of halogens is 6. The molecule has 3 amide bonds. The summed E-state index contributed by atoms with van der Waals surface area (Å²) >= 11 is 12.5. The van der Waals surface area contributed by atoms with E-state index < -0.39 is 40.7 Å². The predicted molar refractivity (Wildman–Crippen MR) is 132 cm³/mol. The van der Waals surface area contributed by atoms with E-state index in [1.165, 1.54) is 13.0 Å². The molecular weight excluding hydrogens is 559 g/mol. The number of alkyl halides is 3. The van der Waals surface area contributed by atoms with Crippen LogP contribution in [0.15, 0.2) is 36.4 Å². The Balaban J connectivity index is 1.46. The molecular formula is C23H16Cl2F4N4O3S. The quantitative estimate of drug-likeness (QED) is 0.230. The summed E-state index contributed by atoms with van der Waals surface area (Å²) in [4.78, 5) is 42.5. The maximum Gasteiger partial charge on any atom is 0.416 e. The fourth-order valence-electron chi connectivity index (χ4n) is 3.41. The largest absolute Gasteiger partial charge is 0.416 e. The number of anilines is 3. The van der Waals surface area contributed by atoms with E-state index in [0.29, 0.717) is 6.07 Å². The van der Waals surface area contributed by atoms with Crippen LogP contribution in [0.3, 0.4) is 0 Å². The fraction of sp³-hybridized carbons (Fsp3) is 0.217. The minimum atomic E-state index is -4.63. The van der Waals surface area contributed by atoms with Gasteiger partial charge < -0.3 is 16.0 Å². The SMILES string of the molecule is Cc1nc(NC(=O)C2(C(=O)Nc3cc(F)cc(Cl)c3)CC2)sc1C(=O)Nc1cc(C(F)(F)F)ccc1Cl. The molecule has 3 aromatic rings. The smallest absolute Gasteiger partial charge is 0.325 e. The summed E-state index contributed by atoms with van der Waals surface area (Å²) in [6, 6.07) is 5.97. The Morgan fingerprint density at radius 2 is 1.68 bits per heavy atom. The highest BCUT2D eigenvalue weighted by Gasteiger charge is 2.56. The third-order valence-corrected chi connectivity index (χ3v) is 7.12. The van der Waals surface area contributed by atoms with E-state index >= 15 is 0 Å². The van der Waals surface area contributed by atoms with Crippen LogP contribution in [0.25, 0.3) is 0 Å². The molecule has 0 aliphatic heterocycles. The normalized spacial score (nSPS) is 14.1. The molecule has 37 heavy (non-hydrogen) atoms. The van der Waals surface area contributed by atoms with Crippen LogP contribution < -0.4 is 16.0 Å². The van der Waals surface area contributed by atoms with Crippen LogP contribution in [0.2, 0.25) is 10.0 Å². The lowest BCUT2D eigenvalue weighted by atomic mass is 10.1. The molecule has 1 aliphatic rings. The second-order valence-electron chi connectivity index (χ2n) is 8.23. The fourth-order valence-corrected chi connectivity index (χ4v) is 4.66. The first kappa shape index (κ1) is 26.8. The molecule has 1 heterocycles. The van der Waals surface area contributed by atoms with Crippen LogP contribution in [0, 0.1) is 18.2 Å². The van der Waals surface area contributed by atoms with Crippen molar-refractivity contribution in [3.63, 3.8) is 0 Å². The number of hydrogen-bond donors (Lipinski definition) is 3. The summed E-state index contributed by atoms with van der Waals surface area (Å²) in [5, 5.41) is 7.29. The zero-order valence-corrected chi connectivity index (χ0v) is 21.1. The molecule has 1 aliphatic carbocycles. The van der Waals surface area contributed by atoms with Gasteiger partial charge in [-0.05, 0) is 56.2 Å². The molecule has 194 valence electrons. The number of hydrogen-bond acceptors (Lipinski definition) is 5. The molecule has 0 spiro atoms. The van der Waals surface area contributed by atoms with Crippen molar-refractivity contribution in [2.45, 2.75) is 25.9 Å². The Morgan fingerprint density at radius 3 is 2.30 bits per heavy atom. The highest BCUT2D eigenvalue weighted by molar-refractivity contribution is 7.17. The predicted octanol–water partition coefficient (Wildman–Crippen LogP) is 6.53. The van der Waals surface area contributed by atoms with Crippen molar-refractivity contribution in [2.24, 2.45) is 5.41 Å². The number of aryl methyl sites for hydroxylation is 1. The molecule has 14 heteroatoms. The molecule has 1 fully saturated rings. The molecule has 1 saturated carbocycles. The number of nitrogens with zero attached hydrogens (tertiary/aromatic N) is 1. The summed E-state index contributed by atoms with van der Waals surface area (Å²) in [7, 11) is 0. The minimum Gasteiger partial charge on any atom is -0.325 e. The van der Waals surface area contributed by atoms with E-state index in [4.69, 9.17) is 23.2 Å². The number of benzene rings is 2. The molecule has 0 unspecified atom stereocenters. The van der Waals surface area contributed by atoms with Crippen molar-refractivity contribution >= 4 is 68.8 Å². The van der Waals surface area contributed by atoms with Crippen molar-refractivity contribution in [3.05, 3.63) is 68.4 Å². The summed E-state index contributed by atoms with van der Waals surface area (Å²) in [5.74, 6) is -2.77. The minimum absolute atomic E-state index is 0.00987. The van der Waals surface area contributed by atoms with Gasteiger partial charge in [-0.1, -0.05) is 34.5 Å². The Bertz CT molecular complexity index is 1400. The van der Waals surface area contributed by atoms with Crippen molar-refractivity contribution in [2.75, 3.05) is 16.0 Å². The van der Waals surface area contributed by atoms with Crippen molar-refractivity contribution < 1.29 is 31.9 Å². The van der Waals surface area contributed by atoms with Gasteiger partial charge in [0.25, 0.3) is 5.91 Å². The van der Waals surface area contributed by atoms with Crippen LogP contribution in [0.1, 0.15) is 33.8 Å². The average Bonchev–Trinajstić information content (AvgIpc) is 3.52. The van der Waals surface area contributed by atoms with Crippen LogP contribution in [-0.2, 0) is 15.8 Å². The van der Waals surface area contributed by atoms with Gasteiger partial charge in [0.1, 0.15) is 16.1 Å². The lowest BCUT2D eigenvalue weighted by Crippen LogP contribution is -2.35. The topological polar surface area (TPSA) is 100 Å². The van der Waals surface area contributed by atoms with Gasteiger partial charge in [-0.3, -0.25) is 14.4 Å². The average molecular weight is 575 g/mol. The Labute approximate surface area is 221 Å². The van der Waals surface area contributed by atoms with Gasteiger partial charge in [-0.25, -0.2) is 9.37 Å². The Morgan fingerprint density at radius 1 is 1.00 bits per heavy atom. The van der Waals surface area contributed by atoms with Gasteiger partial charge in [-0.2, -0.15) is 13.2 Å². The van der Waals surface area contributed by atoms with E-state index in [9.17, 15) is 31.9 Å². The van der Waals surface area contributed by atoms with Gasteiger partial charge in [0.2, 0.25) is 11.8 Å². The molecule has 0 bridgehead atoms. The van der Waals surface area contributed by atoms with Crippen LogP contribution in [0.4, 0.5) is 34.1 Å². The van der Waals surface area contributed by atoms with Crippen LogP contribution in [0.5, 0.6) is 0 Å². The van der Waals surface area contributed by atoms with Gasteiger partial charge in [0.15, 0.2) is 5.13 Å². The molecule has 0 saturated heterocycles. The van der Waals surface area contributed by atoms with Crippen molar-refractivity contribution in [3.8, 4) is 0 Å². The van der Waals surface area contributed by atoms with Crippen molar-refractivity contribution in [1.29, 1.82) is 0 Å². The Hall–Kier alpha value is -3.22. The number of aromatic nitrogens is 1. The van der Waals surface area contributed by atoms with Crippen molar-refractivity contribution in [1.82, 2.24) is 4.98 Å². The molecule has 7 nitrogen and oxygen atoms in total. The number of rotatable bonds is 6.